The third-order valence-electron chi connectivity index (χ3n) is 2.63. The van der Waals surface area contributed by atoms with Gasteiger partial charge in [-0.1, -0.05) is 35.5 Å². The van der Waals surface area contributed by atoms with Crippen molar-refractivity contribution in [1.29, 1.82) is 0 Å². The molecular formula is C15H13F2NO3. The van der Waals surface area contributed by atoms with Crippen LogP contribution in [-0.2, 0) is 6.61 Å². The highest BCUT2D eigenvalue weighted by Crippen LogP contribution is 2.30. The van der Waals surface area contributed by atoms with Crippen LogP contribution in [0.4, 0.5) is 8.78 Å². The van der Waals surface area contributed by atoms with Gasteiger partial charge in [-0.15, -0.1) is 0 Å². The van der Waals surface area contributed by atoms with Gasteiger partial charge in [0, 0.05) is 5.56 Å². The first-order chi connectivity index (χ1) is 10.2. The molecule has 0 heterocycles. The quantitative estimate of drug-likeness (QED) is 0.502. The van der Waals surface area contributed by atoms with Crippen molar-refractivity contribution in [1.82, 2.24) is 0 Å². The summed E-state index contributed by atoms with van der Waals surface area (Å²) in [5.41, 5.74) is 1.39. The molecule has 0 radical (unpaired) electrons. The largest absolute Gasteiger partial charge is 0.485 e. The molecule has 0 amide bonds. The van der Waals surface area contributed by atoms with E-state index in [1.165, 1.54) is 24.4 Å². The first kappa shape index (κ1) is 14.8. The van der Waals surface area contributed by atoms with Crippen molar-refractivity contribution < 1.29 is 23.5 Å². The SMILES string of the molecule is O/N=C/c1ccc(OC(F)F)c(OCc2ccccc2)c1. The van der Waals surface area contributed by atoms with Crippen LogP contribution < -0.4 is 9.47 Å². The Labute approximate surface area is 120 Å². The standard InChI is InChI=1S/C15H13F2NO3/c16-15(17)21-13-7-6-12(9-18-19)8-14(13)20-10-11-4-2-1-3-5-11/h1-9,15,19H,10H2/b18-9+. The van der Waals surface area contributed by atoms with Gasteiger partial charge >= 0.3 is 6.61 Å². The summed E-state index contributed by atoms with van der Waals surface area (Å²) in [7, 11) is 0. The summed E-state index contributed by atoms with van der Waals surface area (Å²) in [5.74, 6) is 0.0765. The lowest BCUT2D eigenvalue weighted by molar-refractivity contribution is -0.0515. The number of alkyl halides is 2. The van der Waals surface area contributed by atoms with Crippen LogP contribution in [-0.4, -0.2) is 18.0 Å². The van der Waals surface area contributed by atoms with Crippen LogP contribution in [0.25, 0.3) is 0 Å². The Hall–Kier alpha value is -2.63. The molecule has 0 fully saturated rings. The molecule has 2 aromatic rings. The van der Waals surface area contributed by atoms with E-state index in [2.05, 4.69) is 9.89 Å². The van der Waals surface area contributed by atoms with E-state index in [9.17, 15) is 8.78 Å². The fraction of sp³-hybridized carbons (Fsp3) is 0.133. The maximum absolute atomic E-state index is 12.4. The van der Waals surface area contributed by atoms with E-state index < -0.39 is 6.61 Å². The van der Waals surface area contributed by atoms with Crippen LogP contribution in [0.2, 0.25) is 0 Å². The number of oxime groups is 1. The molecule has 0 aromatic heterocycles. The number of nitrogens with zero attached hydrogens (tertiary/aromatic N) is 1. The summed E-state index contributed by atoms with van der Waals surface area (Å²) in [4.78, 5) is 0. The second-order valence-electron chi connectivity index (χ2n) is 4.10. The fourth-order valence-electron chi connectivity index (χ4n) is 1.71. The summed E-state index contributed by atoms with van der Waals surface area (Å²) >= 11 is 0. The Morgan fingerprint density at radius 3 is 2.52 bits per heavy atom. The Bertz CT molecular complexity index is 603. The zero-order valence-corrected chi connectivity index (χ0v) is 10.9. The van der Waals surface area contributed by atoms with E-state index in [-0.39, 0.29) is 18.1 Å². The van der Waals surface area contributed by atoms with Crippen molar-refractivity contribution >= 4 is 6.21 Å². The molecule has 4 nitrogen and oxygen atoms in total. The van der Waals surface area contributed by atoms with Gasteiger partial charge < -0.3 is 14.7 Å². The van der Waals surface area contributed by atoms with E-state index in [0.29, 0.717) is 5.56 Å². The van der Waals surface area contributed by atoms with Gasteiger partial charge in [0.15, 0.2) is 11.5 Å². The lowest BCUT2D eigenvalue weighted by atomic mass is 10.2. The maximum Gasteiger partial charge on any atom is 0.387 e. The van der Waals surface area contributed by atoms with Crippen molar-refractivity contribution in [3.8, 4) is 11.5 Å². The number of hydrogen-bond acceptors (Lipinski definition) is 4. The van der Waals surface area contributed by atoms with Gasteiger partial charge in [-0.05, 0) is 23.8 Å². The summed E-state index contributed by atoms with van der Waals surface area (Å²) in [6.45, 7) is -2.73. The predicted octanol–water partition coefficient (Wildman–Crippen LogP) is 3.68. The van der Waals surface area contributed by atoms with Crippen LogP contribution in [0, 0.1) is 0 Å². The average Bonchev–Trinajstić information content (AvgIpc) is 2.48. The number of halogens is 2. The minimum Gasteiger partial charge on any atom is -0.485 e. The molecule has 0 saturated heterocycles. The first-order valence-electron chi connectivity index (χ1n) is 6.12. The molecule has 1 N–H and O–H groups in total. The number of benzene rings is 2. The van der Waals surface area contributed by atoms with Gasteiger partial charge in [-0.25, -0.2) is 0 Å². The molecule has 0 spiro atoms. The normalized spacial score (nSPS) is 11.0. The van der Waals surface area contributed by atoms with E-state index in [4.69, 9.17) is 9.94 Å². The highest BCUT2D eigenvalue weighted by Gasteiger charge is 2.11. The van der Waals surface area contributed by atoms with Gasteiger partial charge in [0.25, 0.3) is 0 Å². The molecule has 6 heteroatoms. The molecule has 0 aliphatic carbocycles. The van der Waals surface area contributed by atoms with Crippen molar-refractivity contribution in [2.45, 2.75) is 13.2 Å². The maximum atomic E-state index is 12.4. The number of ether oxygens (including phenoxy) is 2. The molecule has 0 saturated carbocycles. The van der Waals surface area contributed by atoms with Gasteiger partial charge in [-0.3, -0.25) is 0 Å². The van der Waals surface area contributed by atoms with Crippen LogP contribution >= 0.6 is 0 Å². The minimum atomic E-state index is -2.94. The highest BCUT2D eigenvalue weighted by atomic mass is 19.3. The molecule has 2 aromatic carbocycles. The van der Waals surface area contributed by atoms with E-state index in [1.54, 1.807) is 0 Å². The number of rotatable bonds is 6. The highest BCUT2D eigenvalue weighted by molar-refractivity contribution is 5.80. The Morgan fingerprint density at radius 1 is 1.10 bits per heavy atom. The van der Waals surface area contributed by atoms with Crippen molar-refractivity contribution in [2.75, 3.05) is 0 Å². The molecule has 0 bridgehead atoms. The third-order valence-corrected chi connectivity index (χ3v) is 2.63. The summed E-state index contributed by atoms with van der Waals surface area (Å²) in [6, 6.07) is 13.6. The molecule has 0 aliphatic rings. The fourth-order valence-corrected chi connectivity index (χ4v) is 1.71. The predicted molar refractivity (Wildman–Crippen MR) is 73.2 cm³/mol. The van der Waals surface area contributed by atoms with Crippen LogP contribution in [0.15, 0.2) is 53.7 Å². The summed E-state index contributed by atoms with van der Waals surface area (Å²) in [6.07, 6.45) is 1.17. The Morgan fingerprint density at radius 2 is 1.86 bits per heavy atom. The van der Waals surface area contributed by atoms with Crippen LogP contribution in [0.5, 0.6) is 11.5 Å². The van der Waals surface area contributed by atoms with Gasteiger partial charge in [0.05, 0.1) is 6.21 Å². The lowest BCUT2D eigenvalue weighted by Gasteiger charge is -2.12. The van der Waals surface area contributed by atoms with Crippen LogP contribution in [0.3, 0.4) is 0 Å². The molecular weight excluding hydrogens is 280 g/mol. The monoisotopic (exact) mass is 293 g/mol. The Balaban J connectivity index is 2.19. The lowest BCUT2D eigenvalue weighted by Crippen LogP contribution is -2.05. The third kappa shape index (κ3) is 4.45. The summed E-state index contributed by atoms with van der Waals surface area (Å²) < 4.78 is 34.6. The van der Waals surface area contributed by atoms with E-state index in [0.717, 1.165) is 5.56 Å². The zero-order chi connectivity index (χ0) is 15.1. The van der Waals surface area contributed by atoms with Gasteiger partial charge in [0.1, 0.15) is 6.61 Å². The molecule has 0 aliphatic heterocycles. The molecule has 110 valence electrons. The molecule has 2 rings (SSSR count). The average molecular weight is 293 g/mol. The van der Waals surface area contributed by atoms with E-state index in [1.807, 2.05) is 30.3 Å². The summed E-state index contributed by atoms with van der Waals surface area (Å²) in [5, 5.41) is 11.4. The topological polar surface area (TPSA) is 51.1 Å². The van der Waals surface area contributed by atoms with Gasteiger partial charge in [-0.2, -0.15) is 8.78 Å². The van der Waals surface area contributed by atoms with Crippen molar-refractivity contribution in [3.63, 3.8) is 0 Å². The molecule has 0 atom stereocenters. The molecule has 21 heavy (non-hydrogen) atoms. The number of hydrogen-bond donors (Lipinski definition) is 1. The Kier molecular flexibility index (Phi) is 5.09. The minimum absolute atomic E-state index is 0.0731. The molecule has 0 unspecified atom stereocenters. The zero-order valence-electron chi connectivity index (χ0n) is 10.9. The van der Waals surface area contributed by atoms with Gasteiger partial charge in [0.2, 0.25) is 0 Å². The second-order valence-corrected chi connectivity index (χ2v) is 4.10. The second kappa shape index (κ2) is 7.23. The smallest absolute Gasteiger partial charge is 0.387 e. The first-order valence-corrected chi connectivity index (χ1v) is 6.12. The van der Waals surface area contributed by atoms with Crippen molar-refractivity contribution in [2.24, 2.45) is 5.16 Å². The van der Waals surface area contributed by atoms with E-state index >= 15 is 0 Å². The van der Waals surface area contributed by atoms with Crippen molar-refractivity contribution in [3.05, 3.63) is 59.7 Å². The van der Waals surface area contributed by atoms with Crippen LogP contribution in [0.1, 0.15) is 11.1 Å².